The fourth-order valence-electron chi connectivity index (χ4n) is 6.35. The number of methoxy groups -OCH3 is 6. The maximum absolute atomic E-state index is 5.45. The lowest BCUT2D eigenvalue weighted by Gasteiger charge is -2.13. The first kappa shape index (κ1) is 44.7. The molecule has 0 aliphatic heterocycles. The molecule has 0 aliphatic carbocycles. The summed E-state index contributed by atoms with van der Waals surface area (Å²) in [6.07, 6.45) is 0. The van der Waals surface area contributed by atoms with Crippen molar-refractivity contribution >= 4 is 0 Å². The molecular formula is C60H42O6. The Bertz CT molecular complexity index is 2620. The quantitative estimate of drug-likeness (QED) is 0.155. The van der Waals surface area contributed by atoms with Crippen LogP contribution in [0.15, 0.2) is 146 Å². The predicted octanol–water partition coefficient (Wildman–Crippen LogP) is 10.1. The van der Waals surface area contributed by atoms with Gasteiger partial charge in [0.25, 0.3) is 0 Å². The summed E-state index contributed by atoms with van der Waals surface area (Å²) in [6, 6.07) is 45.3. The average molecular weight is 859 g/mol. The van der Waals surface area contributed by atoms with Gasteiger partial charge >= 0.3 is 0 Å². The molecule has 0 N–H and O–H groups in total. The van der Waals surface area contributed by atoms with Crippen LogP contribution in [0.3, 0.4) is 0 Å². The van der Waals surface area contributed by atoms with E-state index in [1.165, 1.54) is 0 Å². The molecule has 0 aliphatic rings. The normalized spacial score (nSPS) is 9.55. The van der Waals surface area contributed by atoms with E-state index < -0.39 is 0 Å². The van der Waals surface area contributed by atoms with Crippen molar-refractivity contribution in [3.8, 4) is 106 Å². The van der Waals surface area contributed by atoms with Gasteiger partial charge in [0.2, 0.25) is 0 Å². The van der Waals surface area contributed by atoms with Crippen molar-refractivity contribution in [1.82, 2.24) is 0 Å². The van der Waals surface area contributed by atoms with Crippen molar-refractivity contribution in [2.24, 2.45) is 0 Å². The summed E-state index contributed by atoms with van der Waals surface area (Å²) in [5.74, 6) is 45.6. The van der Waals surface area contributed by atoms with Gasteiger partial charge in [-0.15, -0.1) is 0 Å². The average Bonchev–Trinajstić information content (AvgIpc) is 3.38. The molecule has 0 radical (unpaired) electrons. The second-order valence-electron chi connectivity index (χ2n) is 14.1. The third-order valence-corrected chi connectivity index (χ3v) is 10.0. The lowest BCUT2D eigenvalue weighted by Crippen LogP contribution is -2.05. The fourth-order valence-corrected chi connectivity index (χ4v) is 6.35. The van der Waals surface area contributed by atoms with E-state index in [0.717, 1.165) is 33.4 Å². The van der Waals surface area contributed by atoms with Gasteiger partial charge in [0.15, 0.2) is 0 Å². The molecule has 0 unspecified atom stereocenters. The molecule has 6 heteroatoms. The van der Waals surface area contributed by atoms with E-state index in [2.05, 4.69) is 71.0 Å². The minimum Gasteiger partial charge on any atom is -0.497 e. The van der Waals surface area contributed by atoms with Gasteiger partial charge in [0.05, 0.1) is 76.0 Å². The molecule has 0 heterocycles. The van der Waals surface area contributed by atoms with E-state index in [0.29, 0.717) is 67.9 Å². The second kappa shape index (κ2) is 22.2. The Hall–Kier alpha value is -9.30. The van der Waals surface area contributed by atoms with Crippen LogP contribution >= 0.6 is 0 Å². The first-order valence-electron chi connectivity index (χ1n) is 20.6. The lowest BCUT2D eigenvalue weighted by atomic mass is 9.86. The van der Waals surface area contributed by atoms with Crippen LogP contribution in [0, 0.1) is 71.0 Å². The summed E-state index contributed by atoms with van der Waals surface area (Å²) in [7, 11) is 9.78. The molecule has 0 bridgehead atoms. The number of hydrogen-bond donors (Lipinski definition) is 0. The van der Waals surface area contributed by atoms with Crippen molar-refractivity contribution in [1.29, 1.82) is 0 Å². The Morgan fingerprint density at radius 3 is 0.409 bits per heavy atom. The third kappa shape index (κ3) is 11.6. The van der Waals surface area contributed by atoms with Crippen LogP contribution in [0.25, 0.3) is 0 Å². The first-order valence-corrected chi connectivity index (χ1v) is 20.6. The van der Waals surface area contributed by atoms with Gasteiger partial charge < -0.3 is 28.4 Å². The van der Waals surface area contributed by atoms with Crippen LogP contribution in [0.4, 0.5) is 0 Å². The molecule has 0 spiro atoms. The van der Waals surface area contributed by atoms with E-state index in [1.807, 2.05) is 146 Å². The van der Waals surface area contributed by atoms with Crippen molar-refractivity contribution in [2.45, 2.75) is 0 Å². The van der Waals surface area contributed by atoms with Gasteiger partial charge in [-0.25, -0.2) is 0 Å². The smallest absolute Gasteiger partial charge is 0.118 e. The molecule has 0 aromatic heterocycles. The summed E-state index contributed by atoms with van der Waals surface area (Å²) in [5, 5.41) is 0. The number of ether oxygens (including phenoxy) is 6. The molecule has 0 saturated heterocycles. The van der Waals surface area contributed by atoms with Gasteiger partial charge in [-0.1, -0.05) is 71.0 Å². The molecule has 0 saturated carbocycles. The molecule has 0 atom stereocenters. The van der Waals surface area contributed by atoms with Crippen LogP contribution in [0.2, 0.25) is 0 Å². The molecule has 7 aromatic rings. The summed E-state index contributed by atoms with van der Waals surface area (Å²) in [6.45, 7) is 0. The number of rotatable bonds is 6. The standard InChI is InChI=1S/C60H42O6/c1-61-49-25-7-43(8-26-49)19-37-55-56(38-20-44-9-27-50(62-2)28-10-44)58(40-22-46-13-31-52(64-4)32-14-46)60(42-24-48-17-35-54(66-6)36-18-48)59(41-23-47-15-33-53(65-5)34-16-47)57(55)39-21-45-11-29-51(63-3)30-12-45/h7-18,25-36H,1-6H3. The minimum absolute atomic E-state index is 0.529. The molecule has 6 nitrogen and oxygen atoms in total. The van der Waals surface area contributed by atoms with Crippen LogP contribution < -0.4 is 28.4 Å². The molecule has 66 heavy (non-hydrogen) atoms. The fraction of sp³-hybridized carbons (Fsp3) is 0.100. The predicted molar refractivity (Wildman–Crippen MR) is 260 cm³/mol. The minimum atomic E-state index is 0.529. The maximum atomic E-state index is 5.45. The topological polar surface area (TPSA) is 55.4 Å². The summed E-state index contributed by atoms with van der Waals surface area (Å²) in [5.41, 5.74) is 7.67. The molecule has 318 valence electrons. The van der Waals surface area contributed by atoms with E-state index in [9.17, 15) is 0 Å². The van der Waals surface area contributed by atoms with E-state index in [-0.39, 0.29) is 0 Å². The molecule has 0 fully saturated rings. The van der Waals surface area contributed by atoms with Gasteiger partial charge in [-0.3, -0.25) is 0 Å². The largest absolute Gasteiger partial charge is 0.497 e. The monoisotopic (exact) mass is 858 g/mol. The molecule has 7 aromatic carbocycles. The summed E-state index contributed by atoms with van der Waals surface area (Å²) in [4.78, 5) is 0. The van der Waals surface area contributed by atoms with Crippen molar-refractivity contribution in [2.75, 3.05) is 42.7 Å². The maximum Gasteiger partial charge on any atom is 0.118 e. The van der Waals surface area contributed by atoms with Crippen molar-refractivity contribution < 1.29 is 28.4 Å². The van der Waals surface area contributed by atoms with Gasteiger partial charge in [0, 0.05) is 33.4 Å². The summed E-state index contributed by atoms with van der Waals surface area (Å²) < 4.78 is 32.7. The Balaban J connectivity index is 1.64. The van der Waals surface area contributed by atoms with Gasteiger partial charge in [-0.05, 0) is 146 Å². The first-order chi connectivity index (χ1) is 32.4. The van der Waals surface area contributed by atoms with Crippen LogP contribution in [-0.2, 0) is 0 Å². The van der Waals surface area contributed by atoms with Gasteiger partial charge in [-0.2, -0.15) is 0 Å². The highest BCUT2D eigenvalue weighted by Crippen LogP contribution is 2.29. The number of benzene rings is 7. The van der Waals surface area contributed by atoms with E-state index in [1.54, 1.807) is 42.7 Å². The molecular weight excluding hydrogens is 817 g/mol. The van der Waals surface area contributed by atoms with E-state index in [4.69, 9.17) is 28.4 Å². The van der Waals surface area contributed by atoms with E-state index >= 15 is 0 Å². The van der Waals surface area contributed by atoms with Crippen LogP contribution in [0.1, 0.15) is 66.8 Å². The number of hydrogen-bond acceptors (Lipinski definition) is 6. The van der Waals surface area contributed by atoms with Crippen LogP contribution in [0.5, 0.6) is 34.5 Å². The SMILES string of the molecule is COc1ccc(C#Cc2c(C#Cc3ccc(OC)cc3)c(C#Cc3ccc(OC)cc3)c(C#Cc3ccc(OC)cc3)c(C#Cc3ccc(OC)cc3)c2C#Cc2ccc(OC)cc2)cc1. The highest BCUT2D eigenvalue weighted by molar-refractivity contribution is 5.78. The van der Waals surface area contributed by atoms with Crippen LogP contribution in [-0.4, -0.2) is 42.7 Å². The zero-order valence-electron chi connectivity index (χ0n) is 37.3. The molecule has 7 rings (SSSR count). The van der Waals surface area contributed by atoms with Crippen molar-refractivity contribution in [3.05, 3.63) is 212 Å². The Morgan fingerprint density at radius 1 is 0.182 bits per heavy atom. The van der Waals surface area contributed by atoms with Gasteiger partial charge in [0.1, 0.15) is 34.5 Å². The zero-order valence-corrected chi connectivity index (χ0v) is 37.3. The second-order valence-corrected chi connectivity index (χ2v) is 14.1. The Morgan fingerprint density at radius 2 is 0.303 bits per heavy atom. The van der Waals surface area contributed by atoms with Crippen molar-refractivity contribution in [3.63, 3.8) is 0 Å². The Kier molecular flexibility index (Phi) is 15.0. The third-order valence-electron chi connectivity index (χ3n) is 10.0. The summed E-state index contributed by atoms with van der Waals surface area (Å²) >= 11 is 0. The lowest BCUT2D eigenvalue weighted by molar-refractivity contribution is 0.414. The highest BCUT2D eigenvalue weighted by atomic mass is 16.5. The molecule has 0 amide bonds. The highest BCUT2D eigenvalue weighted by Gasteiger charge is 2.20. The zero-order chi connectivity index (χ0) is 46.1. The Labute approximate surface area is 387 Å².